The molecule has 1 aromatic rings. The van der Waals surface area contributed by atoms with E-state index in [0.29, 0.717) is 0 Å². The van der Waals surface area contributed by atoms with Crippen LogP contribution in [0.25, 0.3) is 6.08 Å². The quantitative estimate of drug-likeness (QED) is 0.728. The van der Waals surface area contributed by atoms with Crippen molar-refractivity contribution < 1.29 is 9.53 Å². The van der Waals surface area contributed by atoms with Crippen molar-refractivity contribution in [1.82, 2.24) is 4.90 Å². The van der Waals surface area contributed by atoms with Gasteiger partial charge in [0.15, 0.2) is 5.78 Å². The summed E-state index contributed by atoms with van der Waals surface area (Å²) in [5.41, 5.74) is 0.970. The van der Waals surface area contributed by atoms with Crippen molar-refractivity contribution in [2.24, 2.45) is 0 Å². The first kappa shape index (κ1) is 13.0. The molecule has 0 saturated heterocycles. The zero-order valence-corrected chi connectivity index (χ0v) is 10.4. The summed E-state index contributed by atoms with van der Waals surface area (Å²) in [6.07, 6.45) is 6.57. The number of ketones is 1. The minimum absolute atomic E-state index is 0.0329. The lowest BCUT2D eigenvalue weighted by Gasteiger charge is -2.01. The number of methoxy groups -OCH3 is 1. The zero-order valence-electron chi connectivity index (χ0n) is 10.4. The van der Waals surface area contributed by atoms with E-state index in [1.807, 2.05) is 43.3 Å². The molecule has 0 atom stereocenters. The Morgan fingerprint density at radius 1 is 1.18 bits per heavy atom. The Morgan fingerprint density at radius 3 is 2.35 bits per heavy atom. The van der Waals surface area contributed by atoms with Gasteiger partial charge in [-0.2, -0.15) is 0 Å². The van der Waals surface area contributed by atoms with E-state index in [-0.39, 0.29) is 5.78 Å². The van der Waals surface area contributed by atoms with Gasteiger partial charge in [-0.3, -0.25) is 4.79 Å². The maximum atomic E-state index is 11.4. The van der Waals surface area contributed by atoms with E-state index in [0.717, 1.165) is 11.3 Å². The number of hydrogen-bond acceptors (Lipinski definition) is 3. The Labute approximate surface area is 102 Å². The molecule has 3 nitrogen and oxygen atoms in total. The molecule has 0 aromatic heterocycles. The van der Waals surface area contributed by atoms with Crippen LogP contribution in [0.3, 0.4) is 0 Å². The molecule has 1 rings (SSSR count). The lowest BCUT2D eigenvalue weighted by molar-refractivity contribution is -0.110. The molecule has 0 aliphatic heterocycles. The van der Waals surface area contributed by atoms with Crippen molar-refractivity contribution in [1.29, 1.82) is 0 Å². The molecule has 0 spiro atoms. The highest BCUT2D eigenvalue weighted by Gasteiger charge is 1.92. The van der Waals surface area contributed by atoms with Crippen molar-refractivity contribution >= 4 is 11.9 Å². The first-order chi connectivity index (χ1) is 8.11. The van der Waals surface area contributed by atoms with E-state index in [9.17, 15) is 4.79 Å². The summed E-state index contributed by atoms with van der Waals surface area (Å²) in [5.74, 6) is 0.774. The van der Waals surface area contributed by atoms with Crippen LogP contribution in [0.5, 0.6) is 5.75 Å². The predicted octanol–water partition coefficient (Wildman–Crippen LogP) is 2.35. The molecule has 0 heterocycles. The fraction of sp³-hybridized carbons (Fsp3) is 0.214. The SMILES string of the molecule is COc1ccc(/C=C/C(=O)/C=C/N(C)C)cc1. The first-order valence-corrected chi connectivity index (χ1v) is 5.32. The average Bonchev–Trinajstić information content (AvgIpc) is 2.34. The van der Waals surface area contributed by atoms with Crippen LogP contribution < -0.4 is 4.74 Å². The molecule has 0 unspecified atom stereocenters. The highest BCUT2D eigenvalue weighted by atomic mass is 16.5. The van der Waals surface area contributed by atoms with E-state index in [2.05, 4.69) is 0 Å². The summed E-state index contributed by atoms with van der Waals surface area (Å²) in [5, 5.41) is 0. The molecule has 0 saturated carbocycles. The minimum atomic E-state index is -0.0329. The van der Waals surface area contributed by atoms with Gasteiger partial charge in [0.1, 0.15) is 5.75 Å². The summed E-state index contributed by atoms with van der Waals surface area (Å²) in [4.78, 5) is 13.2. The van der Waals surface area contributed by atoms with E-state index in [4.69, 9.17) is 4.74 Å². The van der Waals surface area contributed by atoms with Crippen LogP contribution in [-0.2, 0) is 4.79 Å². The number of rotatable bonds is 5. The van der Waals surface area contributed by atoms with Gasteiger partial charge in [0, 0.05) is 26.4 Å². The Kier molecular flexibility index (Phi) is 5.01. The third kappa shape index (κ3) is 5.02. The molecular weight excluding hydrogens is 214 g/mol. The van der Waals surface area contributed by atoms with E-state index in [1.54, 1.807) is 25.5 Å². The number of carbonyl (C=O) groups excluding carboxylic acids is 1. The smallest absolute Gasteiger partial charge is 0.180 e. The number of benzene rings is 1. The molecule has 0 N–H and O–H groups in total. The molecule has 17 heavy (non-hydrogen) atoms. The summed E-state index contributed by atoms with van der Waals surface area (Å²) >= 11 is 0. The normalized spacial score (nSPS) is 11.0. The van der Waals surface area contributed by atoms with Gasteiger partial charge in [-0.25, -0.2) is 0 Å². The van der Waals surface area contributed by atoms with E-state index < -0.39 is 0 Å². The van der Waals surface area contributed by atoms with Crippen LogP contribution in [0.1, 0.15) is 5.56 Å². The summed E-state index contributed by atoms with van der Waals surface area (Å²) in [6.45, 7) is 0. The number of nitrogens with zero attached hydrogens (tertiary/aromatic N) is 1. The van der Waals surface area contributed by atoms with Crippen LogP contribution in [0.2, 0.25) is 0 Å². The molecule has 1 aromatic carbocycles. The molecule has 3 heteroatoms. The Bertz CT molecular complexity index is 416. The van der Waals surface area contributed by atoms with Gasteiger partial charge in [0.05, 0.1) is 7.11 Å². The fourth-order valence-electron chi connectivity index (χ4n) is 1.17. The molecule has 0 amide bonds. The van der Waals surface area contributed by atoms with E-state index >= 15 is 0 Å². The van der Waals surface area contributed by atoms with Crippen LogP contribution >= 0.6 is 0 Å². The van der Waals surface area contributed by atoms with Crippen molar-refractivity contribution in [2.75, 3.05) is 21.2 Å². The second kappa shape index (κ2) is 6.53. The van der Waals surface area contributed by atoms with E-state index in [1.165, 1.54) is 6.08 Å². The molecule has 0 aliphatic carbocycles. The van der Waals surface area contributed by atoms with Crippen LogP contribution in [0.15, 0.2) is 42.6 Å². The molecule has 0 bridgehead atoms. The lowest BCUT2D eigenvalue weighted by Crippen LogP contribution is -2.01. The average molecular weight is 231 g/mol. The van der Waals surface area contributed by atoms with Crippen LogP contribution in [0, 0.1) is 0 Å². The third-order valence-electron chi connectivity index (χ3n) is 2.09. The molecule has 0 radical (unpaired) electrons. The van der Waals surface area contributed by atoms with Gasteiger partial charge >= 0.3 is 0 Å². The molecule has 0 aliphatic rings. The topological polar surface area (TPSA) is 29.5 Å². The molecule has 90 valence electrons. The van der Waals surface area contributed by atoms with Gasteiger partial charge in [0.2, 0.25) is 0 Å². The number of allylic oxidation sites excluding steroid dienone is 2. The Hall–Kier alpha value is -2.03. The highest BCUT2D eigenvalue weighted by Crippen LogP contribution is 2.12. The van der Waals surface area contributed by atoms with Crippen LogP contribution in [0.4, 0.5) is 0 Å². The highest BCUT2D eigenvalue weighted by molar-refractivity contribution is 6.01. The fourth-order valence-corrected chi connectivity index (χ4v) is 1.17. The standard InChI is InChI=1S/C14H17NO2/c1-15(2)11-10-13(16)7-4-12-5-8-14(17-3)9-6-12/h4-11H,1-3H3/b7-4+,11-10+. The lowest BCUT2D eigenvalue weighted by atomic mass is 10.2. The maximum absolute atomic E-state index is 11.4. The molecule has 0 fully saturated rings. The third-order valence-corrected chi connectivity index (χ3v) is 2.09. The summed E-state index contributed by atoms with van der Waals surface area (Å²) in [6, 6.07) is 7.52. The number of ether oxygens (including phenoxy) is 1. The van der Waals surface area contributed by atoms with Crippen molar-refractivity contribution in [3.05, 3.63) is 48.2 Å². The van der Waals surface area contributed by atoms with Crippen LogP contribution in [-0.4, -0.2) is 31.9 Å². The van der Waals surface area contributed by atoms with Gasteiger partial charge in [0.25, 0.3) is 0 Å². The zero-order chi connectivity index (χ0) is 12.7. The van der Waals surface area contributed by atoms with Gasteiger partial charge in [-0.1, -0.05) is 18.2 Å². The second-order valence-electron chi connectivity index (χ2n) is 3.79. The van der Waals surface area contributed by atoms with Gasteiger partial charge in [-0.15, -0.1) is 0 Å². The summed E-state index contributed by atoms with van der Waals surface area (Å²) < 4.78 is 5.05. The van der Waals surface area contributed by atoms with Crippen molar-refractivity contribution in [3.8, 4) is 5.75 Å². The molecular formula is C14H17NO2. The number of hydrogen-bond donors (Lipinski definition) is 0. The Morgan fingerprint density at radius 2 is 1.82 bits per heavy atom. The predicted molar refractivity (Wildman–Crippen MR) is 69.9 cm³/mol. The maximum Gasteiger partial charge on any atom is 0.180 e. The van der Waals surface area contributed by atoms with Crippen molar-refractivity contribution in [2.45, 2.75) is 0 Å². The Balaban J connectivity index is 2.60. The summed E-state index contributed by atoms with van der Waals surface area (Å²) in [7, 11) is 5.37. The largest absolute Gasteiger partial charge is 0.497 e. The number of carbonyl (C=O) groups is 1. The van der Waals surface area contributed by atoms with Crippen molar-refractivity contribution in [3.63, 3.8) is 0 Å². The monoisotopic (exact) mass is 231 g/mol. The van der Waals surface area contributed by atoms with Gasteiger partial charge in [-0.05, 0) is 23.8 Å². The minimum Gasteiger partial charge on any atom is -0.497 e. The first-order valence-electron chi connectivity index (χ1n) is 5.32. The van der Waals surface area contributed by atoms with Gasteiger partial charge < -0.3 is 9.64 Å². The second-order valence-corrected chi connectivity index (χ2v) is 3.79.